The minimum atomic E-state index is -0.712. The van der Waals surface area contributed by atoms with Gasteiger partial charge >= 0.3 is 5.97 Å². The van der Waals surface area contributed by atoms with Crippen molar-refractivity contribution in [3.8, 4) is 0 Å². The predicted octanol–water partition coefficient (Wildman–Crippen LogP) is 3.13. The lowest BCUT2D eigenvalue weighted by Gasteiger charge is -2.06. The highest BCUT2D eigenvalue weighted by atomic mass is 35.5. The summed E-state index contributed by atoms with van der Waals surface area (Å²) in [5.74, 6) is -0.687. The van der Waals surface area contributed by atoms with Gasteiger partial charge in [0, 0.05) is 22.3 Å². The second kappa shape index (κ2) is 4.52. The van der Waals surface area contributed by atoms with Gasteiger partial charge in [-0.3, -0.25) is 4.79 Å². The first kappa shape index (κ1) is 11.6. The van der Waals surface area contributed by atoms with E-state index in [0.29, 0.717) is 16.6 Å². The highest BCUT2D eigenvalue weighted by molar-refractivity contribution is 6.35. The Balaban J connectivity index is 1.89. The number of hydrogen-bond donors (Lipinski definition) is 2. The molecule has 0 radical (unpaired) electrons. The third-order valence-corrected chi connectivity index (χ3v) is 3.11. The van der Waals surface area contributed by atoms with Crippen molar-refractivity contribution in [2.24, 2.45) is 11.8 Å². The molecule has 0 saturated heterocycles. The van der Waals surface area contributed by atoms with E-state index in [9.17, 15) is 4.79 Å². The van der Waals surface area contributed by atoms with E-state index in [1.165, 1.54) is 0 Å². The van der Waals surface area contributed by atoms with Crippen LogP contribution in [0.2, 0.25) is 10.0 Å². The lowest BCUT2D eigenvalue weighted by molar-refractivity contribution is -0.138. The molecular formula is C11H11Cl2NO2. The van der Waals surface area contributed by atoms with Crippen LogP contribution >= 0.6 is 23.2 Å². The minimum Gasteiger partial charge on any atom is -0.481 e. The first-order valence-electron chi connectivity index (χ1n) is 4.99. The first-order chi connectivity index (χ1) is 7.56. The van der Waals surface area contributed by atoms with Crippen LogP contribution in [0.4, 0.5) is 5.69 Å². The van der Waals surface area contributed by atoms with E-state index in [2.05, 4.69) is 5.32 Å². The zero-order valence-corrected chi connectivity index (χ0v) is 9.92. The summed E-state index contributed by atoms with van der Waals surface area (Å²) in [7, 11) is 0. The van der Waals surface area contributed by atoms with Crippen molar-refractivity contribution < 1.29 is 9.90 Å². The molecule has 1 aromatic carbocycles. The van der Waals surface area contributed by atoms with Gasteiger partial charge in [-0.2, -0.15) is 0 Å². The van der Waals surface area contributed by atoms with Gasteiger partial charge in [-0.15, -0.1) is 0 Å². The standard InChI is InChI=1S/C11H11Cl2NO2/c12-7-2-8(13)4-9(3-7)14-5-6-1-10(6)11(15)16/h2-4,6,10,14H,1,5H2,(H,15,16). The maximum Gasteiger partial charge on any atom is 0.306 e. The third kappa shape index (κ3) is 2.80. The number of hydrogen-bond acceptors (Lipinski definition) is 2. The molecule has 0 amide bonds. The van der Waals surface area contributed by atoms with Gasteiger partial charge in [0.1, 0.15) is 0 Å². The zero-order chi connectivity index (χ0) is 11.7. The molecule has 86 valence electrons. The van der Waals surface area contributed by atoms with E-state index in [1.807, 2.05) is 0 Å². The van der Waals surface area contributed by atoms with Crippen LogP contribution in [-0.4, -0.2) is 17.6 Å². The van der Waals surface area contributed by atoms with E-state index >= 15 is 0 Å². The third-order valence-electron chi connectivity index (χ3n) is 2.67. The highest BCUT2D eigenvalue weighted by Gasteiger charge is 2.42. The Morgan fingerprint density at radius 2 is 2.00 bits per heavy atom. The number of anilines is 1. The van der Waals surface area contributed by atoms with Crippen molar-refractivity contribution in [3.63, 3.8) is 0 Å². The molecule has 1 fully saturated rings. The summed E-state index contributed by atoms with van der Waals surface area (Å²) in [5, 5.41) is 13.0. The molecule has 1 aliphatic rings. The second-order valence-electron chi connectivity index (χ2n) is 3.98. The van der Waals surface area contributed by atoms with Crippen LogP contribution < -0.4 is 5.32 Å². The molecular weight excluding hydrogens is 249 g/mol. The topological polar surface area (TPSA) is 49.3 Å². The number of halogens is 2. The van der Waals surface area contributed by atoms with E-state index in [-0.39, 0.29) is 11.8 Å². The molecule has 0 heterocycles. The molecule has 2 unspecified atom stereocenters. The van der Waals surface area contributed by atoms with Crippen LogP contribution in [0.5, 0.6) is 0 Å². The Labute approximate surface area is 103 Å². The molecule has 1 aliphatic carbocycles. The molecule has 0 aliphatic heterocycles. The van der Waals surface area contributed by atoms with Crippen molar-refractivity contribution in [1.29, 1.82) is 0 Å². The van der Waals surface area contributed by atoms with Gasteiger partial charge in [-0.05, 0) is 30.5 Å². The van der Waals surface area contributed by atoms with Crippen molar-refractivity contribution in [1.82, 2.24) is 0 Å². The van der Waals surface area contributed by atoms with E-state index in [4.69, 9.17) is 28.3 Å². The van der Waals surface area contributed by atoms with Crippen molar-refractivity contribution in [3.05, 3.63) is 28.2 Å². The van der Waals surface area contributed by atoms with Gasteiger partial charge in [0.15, 0.2) is 0 Å². The SMILES string of the molecule is O=C(O)C1CC1CNc1cc(Cl)cc(Cl)c1. The summed E-state index contributed by atoms with van der Waals surface area (Å²) in [6.45, 7) is 0.646. The Bertz CT molecular complexity index is 402. The molecule has 2 atom stereocenters. The maximum atomic E-state index is 10.6. The number of carboxylic acid groups (broad SMARTS) is 1. The van der Waals surface area contributed by atoms with E-state index in [0.717, 1.165) is 12.1 Å². The van der Waals surface area contributed by atoms with Crippen LogP contribution in [0.25, 0.3) is 0 Å². The Morgan fingerprint density at radius 1 is 1.38 bits per heavy atom. The summed E-state index contributed by atoms with van der Waals surface area (Å²) in [6, 6.07) is 5.20. The van der Waals surface area contributed by atoms with Gasteiger partial charge in [-0.25, -0.2) is 0 Å². The van der Waals surface area contributed by atoms with Crippen LogP contribution in [-0.2, 0) is 4.79 Å². The van der Waals surface area contributed by atoms with E-state index in [1.54, 1.807) is 18.2 Å². The summed E-state index contributed by atoms with van der Waals surface area (Å²) >= 11 is 11.7. The van der Waals surface area contributed by atoms with Crippen LogP contribution in [0.15, 0.2) is 18.2 Å². The minimum absolute atomic E-state index is 0.192. The van der Waals surface area contributed by atoms with Gasteiger partial charge in [-0.1, -0.05) is 23.2 Å². The molecule has 5 heteroatoms. The number of nitrogens with one attached hydrogen (secondary N) is 1. The fourth-order valence-corrected chi connectivity index (χ4v) is 2.21. The van der Waals surface area contributed by atoms with Crippen LogP contribution in [0, 0.1) is 11.8 Å². The molecule has 1 aromatic rings. The van der Waals surface area contributed by atoms with Crippen molar-refractivity contribution in [2.45, 2.75) is 6.42 Å². The second-order valence-corrected chi connectivity index (χ2v) is 4.85. The Morgan fingerprint density at radius 3 is 2.50 bits per heavy atom. The van der Waals surface area contributed by atoms with Gasteiger partial charge in [0.2, 0.25) is 0 Å². The molecule has 0 aromatic heterocycles. The fraction of sp³-hybridized carbons (Fsp3) is 0.364. The van der Waals surface area contributed by atoms with Gasteiger partial charge in [0.05, 0.1) is 5.92 Å². The number of carboxylic acids is 1. The number of benzene rings is 1. The number of aliphatic carboxylic acids is 1. The van der Waals surface area contributed by atoms with Gasteiger partial charge in [0.25, 0.3) is 0 Å². The monoisotopic (exact) mass is 259 g/mol. The highest BCUT2D eigenvalue weighted by Crippen LogP contribution is 2.38. The fourth-order valence-electron chi connectivity index (χ4n) is 1.68. The largest absolute Gasteiger partial charge is 0.481 e. The molecule has 16 heavy (non-hydrogen) atoms. The molecule has 1 saturated carbocycles. The summed E-state index contributed by atoms with van der Waals surface area (Å²) in [5.41, 5.74) is 0.827. The predicted molar refractivity (Wildman–Crippen MR) is 64.2 cm³/mol. The van der Waals surface area contributed by atoms with Crippen LogP contribution in [0.3, 0.4) is 0 Å². The Hall–Kier alpha value is -0.930. The number of carbonyl (C=O) groups is 1. The average molecular weight is 260 g/mol. The molecule has 0 bridgehead atoms. The molecule has 0 spiro atoms. The zero-order valence-electron chi connectivity index (χ0n) is 8.41. The molecule has 2 rings (SSSR count). The molecule has 2 N–H and O–H groups in total. The average Bonchev–Trinajstić information content (AvgIpc) is 2.92. The summed E-state index contributed by atoms with van der Waals surface area (Å²) in [6.07, 6.45) is 0.747. The first-order valence-corrected chi connectivity index (χ1v) is 5.74. The van der Waals surface area contributed by atoms with Crippen molar-refractivity contribution >= 4 is 34.9 Å². The van der Waals surface area contributed by atoms with E-state index < -0.39 is 5.97 Å². The maximum absolute atomic E-state index is 10.6. The van der Waals surface area contributed by atoms with Crippen molar-refractivity contribution in [2.75, 3.05) is 11.9 Å². The smallest absolute Gasteiger partial charge is 0.306 e. The summed E-state index contributed by atoms with van der Waals surface area (Å²) in [4.78, 5) is 10.6. The van der Waals surface area contributed by atoms with Crippen LogP contribution in [0.1, 0.15) is 6.42 Å². The summed E-state index contributed by atoms with van der Waals surface area (Å²) < 4.78 is 0. The number of rotatable bonds is 4. The molecule has 3 nitrogen and oxygen atoms in total. The normalized spacial score (nSPS) is 22.9. The van der Waals surface area contributed by atoms with Gasteiger partial charge < -0.3 is 10.4 Å². The Kier molecular flexibility index (Phi) is 3.26. The quantitative estimate of drug-likeness (QED) is 0.874. The lowest BCUT2D eigenvalue weighted by atomic mass is 10.3. The lowest BCUT2D eigenvalue weighted by Crippen LogP contribution is -2.08.